The average Bonchev–Trinajstić information content (AvgIpc) is 3.31. The van der Waals surface area contributed by atoms with E-state index in [1.165, 1.54) is 19.3 Å². The van der Waals surface area contributed by atoms with Gasteiger partial charge in [0.15, 0.2) is 0 Å². The first-order valence-corrected chi connectivity index (χ1v) is 10.6. The van der Waals surface area contributed by atoms with Crippen molar-refractivity contribution in [3.8, 4) is 5.75 Å². The number of fused-ring (bicyclic) bond motifs is 2. The van der Waals surface area contributed by atoms with Crippen molar-refractivity contribution >= 4 is 11.6 Å². The lowest BCUT2D eigenvalue weighted by molar-refractivity contribution is -0.180. The molecule has 2 aromatic rings. The predicted molar refractivity (Wildman–Crippen MR) is 112 cm³/mol. The van der Waals surface area contributed by atoms with Gasteiger partial charge in [-0.05, 0) is 36.6 Å². The van der Waals surface area contributed by atoms with Gasteiger partial charge >= 0.3 is 0 Å². The molecule has 154 valence electrons. The molecule has 0 unspecified atom stereocenters. The Morgan fingerprint density at radius 2 is 1.79 bits per heavy atom. The third kappa shape index (κ3) is 3.77. The summed E-state index contributed by atoms with van der Waals surface area (Å²) in [5.41, 5.74) is 3.79. The van der Waals surface area contributed by atoms with Crippen molar-refractivity contribution in [3.63, 3.8) is 0 Å². The summed E-state index contributed by atoms with van der Waals surface area (Å²) in [5, 5.41) is 0. The first-order valence-electron chi connectivity index (χ1n) is 10.6. The molecule has 0 atom stereocenters. The molecule has 0 bridgehead atoms. The maximum absolute atomic E-state index is 13.3. The Morgan fingerprint density at radius 1 is 1.03 bits per heavy atom. The minimum atomic E-state index is -1.27. The fourth-order valence-electron chi connectivity index (χ4n) is 4.11. The molecule has 0 radical (unpaired) electrons. The largest absolute Gasteiger partial charge is 0.494 e. The Labute approximate surface area is 172 Å². The lowest BCUT2D eigenvalue weighted by atomic mass is 10.0. The molecule has 0 aromatic heterocycles. The summed E-state index contributed by atoms with van der Waals surface area (Å²) in [6.07, 6.45) is 4.76. The molecule has 5 heteroatoms. The Balaban J connectivity index is 1.48. The molecular weight excluding hydrogens is 366 g/mol. The molecule has 0 saturated carbocycles. The highest BCUT2D eigenvalue weighted by Crippen LogP contribution is 2.47. The van der Waals surface area contributed by atoms with Gasteiger partial charge in [-0.2, -0.15) is 0 Å². The van der Waals surface area contributed by atoms with Crippen LogP contribution in [0.4, 0.5) is 5.69 Å². The van der Waals surface area contributed by atoms with Crippen LogP contribution in [0.25, 0.3) is 0 Å². The zero-order valence-electron chi connectivity index (χ0n) is 17.3. The summed E-state index contributed by atoms with van der Waals surface area (Å²) < 4.78 is 17.5. The number of benzene rings is 2. The van der Waals surface area contributed by atoms with Crippen LogP contribution in [-0.2, 0) is 26.6 Å². The third-order valence-corrected chi connectivity index (χ3v) is 5.61. The molecule has 4 rings (SSSR count). The van der Waals surface area contributed by atoms with Gasteiger partial charge < -0.3 is 19.1 Å². The molecule has 5 nitrogen and oxygen atoms in total. The standard InChI is InChI=1S/C24H29NO4/c1-3-4-5-6-14-27-20-12-10-19(11-13-20)17-25-22-18(2)8-7-9-21(22)24(23(25)26)28-15-16-29-24/h7-13H,3-6,14-17H2,1-2H3. The summed E-state index contributed by atoms with van der Waals surface area (Å²) in [4.78, 5) is 15.1. The van der Waals surface area contributed by atoms with Crippen molar-refractivity contribution in [2.45, 2.75) is 51.9 Å². The maximum atomic E-state index is 13.3. The smallest absolute Gasteiger partial charge is 0.292 e. The second kappa shape index (κ2) is 8.56. The molecule has 1 spiro atoms. The van der Waals surface area contributed by atoms with Gasteiger partial charge in [0.2, 0.25) is 0 Å². The van der Waals surface area contributed by atoms with Crippen LogP contribution in [0.2, 0.25) is 0 Å². The van der Waals surface area contributed by atoms with Gasteiger partial charge in [0.25, 0.3) is 11.7 Å². The highest BCUT2D eigenvalue weighted by molar-refractivity contribution is 6.06. The van der Waals surface area contributed by atoms with E-state index < -0.39 is 5.79 Å². The number of carbonyl (C=O) groups excluding carboxylic acids is 1. The van der Waals surface area contributed by atoms with E-state index in [2.05, 4.69) is 6.92 Å². The summed E-state index contributed by atoms with van der Waals surface area (Å²) in [6, 6.07) is 13.9. The van der Waals surface area contributed by atoms with Crippen molar-refractivity contribution in [1.82, 2.24) is 0 Å². The summed E-state index contributed by atoms with van der Waals surface area (Å²) >= 11 is 0. The summed E-state index contributed by atoms with van der Waals surface area (Å²) in [6.45, 7) is 6.30. The van der Waals surface area contributed by atoms with E-state index in [9.17, 15) is 4.79 Å². The van der Waals surface area contributed by atoms with E-state index in [-0.39, 0.29) is 5.91 Å². The second-order valence-electron chi connectivity index (χ2n) is 7.73. The average molecular weight is 395 g/mol. The molecular formula is C24H29NO4. The number of amides is 1. The normalized spacial score (nSPS) is 17.2. The van der Waals surface area contributed by atoms with Gasteiger partial charge in [-0.1, -0.05) is 56.5 Å². The molecule has 2 heterocycles. The Hall–Kier alpha value is -2.37. The topological polar surface area (TPSA) is 48.0 Å². The van der Waals surface area contributed by atoms with E-state index in [0.717, 1.165) is 41.2 Å². The molecule has 0 N–H and O–H groups in total. The van der Waals surface area contributed by atoms with Crippen LogP contribution in [0.1, 0.15) is 49.3 Å². The van der Waals surface area contributed by atoms with Gasteiger partial charge in [0.05, 0.1) is 32.1 Å². The molecule has 1 amide bonds. The zero-order valence-corrected chi connectivity index (χ0v) is 17.3. The Morgan fingerprint density at radius 3 is 2.52 bits per heavy atom. The number of ether oxygens (including phenoxy) is 3. The fourth-order valence-corrected chi connectivity index (χ4v) is 4.11. The van der Waals surface area contributed by atoms with Crippen LogP contribution in [0.3, 0.4) is 0 Å². The highest BCUT2D eigenvalue weighted by atomic mass is 16.7. The van der Waals surface area contributed by atoms with Crippen molar-refractivity contribution in [1.29, 1.82) is 0 Å². The van der Waals surface area contributed by atoms with E-state index >= 15 is 0 Å². The van der Waals surface area contributed by atoms with Gasteiger partial charge in [0.1, 0.15) is 5.75 Å². The lowest BCUT2D eigenvalue weighted by Crippen LogP contribution is -2.40. The Kier molecular flexibility index (Phi) is 5.88. The van der Waals surface area contributed by atoms with E-state index in [1.54, 1.807) is 4.90 Å². The minimum Gasteiger partial charge on any atom is -0.494 e. The number of carbonyl (C=O) groups is 1. The number of nitrogens with zero attached hydrogens (tertiary/aromatic N) is 1. The van der Waals surface area contributed by atoms with E-state index in [4.69, 9.17) is 14.2 Å². The molecule has 2 aromatic carbocycles. The number of aryl methyl sites for hydroxylation is 1. The zero-order chi connectivity index (χ0) is 20.3. The third-order valence-electron chi connectivity index (χ3n) is 5.61. The van der Waals surface area contributed by atoms with Gasteiger partial charge in [0, 0.05) is 5.56 Å². The van der Waals surface area contributed by atoms with Crippen LogP contribution >= 0.6 is 0 Å². The van der Waals surface area contributed by atoms with Crippen LogP contribution in [-0.4, -0.2) is 25.7 Å². The summed E-state index contributed by atoms with van der Waals surface area (Å²) in [5.74, 6) is -0.549. The second-order valence-corrected chi connectivity index (χ2v) is 7.73. The molecule has 1 saturated heterocycles. The quantitative estimate of drug-likeness (QED) is 0.608. The monoisotopic (exact) mass is 395 g/mol. The summed E-state index contributed by atoms with van der Waals surface area (Å²) in [7, 11) is 0. The van der Waals surface area contributed by atoms with Crippen LogP contribution in [0.5, 0.6) is 5.75 Å². The van der Waals surface area contributed by atoms with Gasteiger partial charge in [-0.3, -0.25) is 4.79 Å². The molecule has 1 fully saturated rings. The molecule has 2 aliphatic heterocycles. The fraction of sp³-hybridized carbons (Fsp3) is 0.458. The minimum absolute atomic E-state index is 0.143. The molecule has 29 heavy (non-hydrogen) atoms. The number of hydrogen-bond acceptors (Lipinski definition) is 4. The van der Waals surface area contributed by atoms with Crippen LogP contribution < -0.4 is 9.64 Å². The van der Waals surface area contributed by atoms with Crippen LogP contribution in [0.15, 0.2) is 42.5 Å². The number of unbranched alkanes of at least 4 members (excludes halogenated alkanes) is 3. The van der Waals surface area contributed by atoms with Crippen LogP contribution in [0, 0.1) is 6.92 Å². The first kappa shape index (κ1) is 19.9. The van der Waals surface area contributed by atoms with Crippen molar-refractivity contribution < 1.29 is 19.0 Å². The lowest BCUT2D eigenvalue weighted by Gasteiger charge is -2.22. The number of hydrogen-bond donors (Lipinski definition) is 0. The number of rotatable bonds is 8. The highest BCUT2D eigenvalue weighted by Gasteiger charge is 2.56. The van der Waals surface area contributed by atoms with Gasteiger partial charge in [-0.15, -0.1) is 0 Å². The van der Waals surface area contributed by atoms with Crippen molar-refractivity contribution in [3.05, 3.63) is 59.2 Å². The predicted octanol–water partition coefficient (Wildman–Crippen LogP) is 4.70. The first-order chi connectivity index (χ1) is 14.2. The van der Waals surface area contributed by atoms with Crippen molar-refractivity contribution in [2.24, 2.45) is 0 Å². The van der Waals surface area contributed by atoms with Crippen molar-refractivity contribution in [2.75, 3.05) is 24.7 Å². The van der Waals surface area contributed by atoms with Gasteiger partial charge in [-0.25, -0.2) is 0 Å². The van der Waals surface area contributed by atoms with E-state index in [0.29, 0.717) is 19.8 Å². The number of para-hydroxylation sites is 1. The SMILES string of the molecule is CCCCCCOc1ccc(CN2C(=O)C3(OCCO3)c3cccc(C)c32)cc1. The number of anilines is 1. The van der Waals surface area contributed by atoms with E-state index in [1.807, 2.05) is 49.4 Å². The molecule has 2 aliphatic rings. The maximum Gasteiger partial charge on any atom is 0.292 e. The Bertz CT molecular complexity index is 856. The molecule has 0 aliphatic carbocycles.